The number of nitriles is 1. The first-order valence-electron chi connectivity index (χ1n) is 4.82. The summed E-state index contributed by atoms with van der Waals surface area (Å²) < 4.78 is 4.66. The Balaban J connectivity index is 4.26. The van der Waals surface area contributed by atoms with Gasteiger partial charge >= 0.3 is 11.9 Å². The van der Waals surface area contributed by atoms with Gasteiger partial charge in [0, 0.05) is 12.7 Å². The highest BCUT2D eigenvalue weighted by Crippen LogP contribution is 2.12. The highest BCUT2D eigenvalue weighted by atomic mass is 32.2. The number of carboxylic acids is 1. The lowest BCUT2D eigenvalue weighted by Gasteiger charge is -2.14. The topological polar surface area (TPSA) is 104 Å². The van der Waals surface area contributed by atoms with Gasteiger partial charge < -0.3 is 9.84 Å². The van der Waals surface area contributed by atoms with E-state index < -0.39 is 30.4 Å². The molecule has 1 unspecified atom stereocenters. The molecule has 0 aromatic heterocycles. The van der Waals surface area contributed by atoms with Crippen molar-refractivity contribution in [1.29, 1.82) is 5.26 Å². The molecular formula is C10H13NO5S. The molecule has 0 bridgehead atoms. The normalized spacial score (nSPS) is 13.2. The van der Waals surface area contributed by atoms with E-state index in [0.717, 1.165) is 11.8 Å². The van der Waals surface area contributed by atoms with Gasteiger partial charge in [-0.1, -0.05) is 18.7 Å². The minimum Gasteiger partial charge on any atom is -0.478 e. The maximum absolute atomic E-state index is 11.4. The molecule has 2 atom stereocenters. The lowest BCUT2D eigenvalue weighted by molar-refractivity contribution is -0.165. The summed E-state index contributed by atoms with van der Waals surface area (Å²) in [6.45, 7) is 2.90. The Bertz CT molecular complexity index is 349. The van der Waals surface area contributed by atoms with E-state index >= 15 is 0 Å². The molecule has 6 nitrogen and oxygen atoms in total. The van der Waals surface area contributed by atoms with Crippen LogP contribution in [0.4, 0.5) is 0 Å². The van der Waals surface area contributed by atoms with Crippen LogP contribution >= 0.6 is 11.8 Å². The molecule has 0 saturated carbocycles. The summed E-state index contributed by atoms with van der Waals surface area (Å²) in [7, 11) is 0. The zero-order chi connectivity index (χ0) is 13.4. The first-order valence-corrected chi connectivity index (χ1v) is 5.80. The fourth-order valence-electron chi connectivity index (χ4n) is 0.829. The van der Waals surface area contributed by atoms with Gasteiger partial charge in [-0.15, -0.1) is 0 Å². The van der Waals surface area contributed by atoms with Gasteiger partial charge in [0.15, 0.2) is 5.12 Å². The second-order valence-electron chi connectivity index (χ2n) is 3.33. The third-order valence-corrected chi connectivity index (χ3v) is 2.82. The second kappa shape index (κ2) is 7.68. The molecule has 0 radical (unpaired) electrons. The maximum atomic E-state index is 11.4. The van der Waals surface area contributed by atoms with Crippen LogP contribution in [0.1, 0.15) is 20.3 Å². The van der Waals surface area contributed by atoms with E-state index in [4.69, 9.17) is 10.4 Å². The number of carboxylic acid groups (broad SMARTS) is 1. The summed E-state index contributed by atoms with van der Waals surface area (Å²) in [5.74, 6) is -2.44. The second-order valence-corrected chi connectivity index (χ2v) is 4.53. The van der Waals surface area contributed by atoms with Crippen molar-refractivity contribution in [3.63, 3.8) is 0 Å². The lowest BCUT2D eigenvalue weighted by atomic mass is 10.2. The van der Waals surface area contributed by atoms with Crippen molar-refractivity contribution in [1.82, 2.24) is 0 Å². The summed E-state index contributed by atoms with van der Waals surface area (Å²) in [5, 5.41) is 16.9. The van der Waals surface area contributed by atoms with Gasteiger partial charge in [0.05, 0.1) is 18.4 Å². The van der Waals surface area contributed by atoms with Gasteiger partial charge in [-0.25, -0.2) is 4.79 Å². The van der Waals surface area contributed by atoms with Crippen LogP contribution in [0.25, 0.3) is 0 Å². The summed E-state index contributed by atoms with van der Waals surface area (Å²) in [6.07, 6.45) is -1.84. The zero-order valence-electron chi connectivity index (χ0n) is 9.50. The molecule has 17 heavy (non-hydrogen) atoms. The third kappa shape index (κ3) is 6.58. The zero-order valence-corrected chi connectivity index (χ0v) is 10.3. The summed E-state index contributed by atoms with van der Waals surface area (Å²) in [5.41, 5.74) is 0. The molecule has 0 aliphatic carbocycles. The predicted octanol–water partition coefficient (Wildman–Crippen LogP) is 0.812. The van der Waals surface area contributed by atoms with Crippen molar-refractivity contribution < 1.29 is 24.2 Å². The summed E-state index contributed by atoms with van der Waals surface area (Å²) in [6, 6.07) is 1.63. The van der Waals surface area contributed by atoms with Crippen molar-refractivity contribution in [2.24, 2.45) is 5.92 Å². The quantitative estimate of drug-likeness (QED) is 0.704. The summed E-state index contributed by atoms with van der Waals surface area (Å²) >= 11 is 0.964. The standard InChI is InChI=1S/C10H13NO5S/c1-6(5-17-7(2)12)10(15)16-8(3-4-11)9(13)14/h6,8H,3,5H2,1-2H3,(H,13,14)/t6-,8?/m1/s1. The average Bonchev–Trinajstić information content (AvgIpc) is 2.24. The van der Waals surface area contributed by atoms with E-state index in [2.05, 4.69) is 4.74 Å². The third-order valence-electron chi connectivity index (χ3n) is 1.75. The number of hydrogen-bond donors (Lipinski definition) is 1. The van der Waals surface area contributed by atoms with Crippen molar-refractivity contribution in [2.45, 2.75) is 26.4 Å². The molecule has 0 aromatic carbocycles. The van der Waals surface area contributed by atoms with Crippen LogP contribution in [0.2, 0.25) is 0 Å². The largest absolute Gasteiger partial charge is 0.478 e. The van der Waals surface area contributed by atoms with Crippen molar-refractivity contribution >= 4 is 28.8 Å². The monoisotopic (exact) mass is 259 g/mol. The number of hydrogen-bond acceptors (Lipinski definition) is 6. The number of rotatable bonds is 6. The van der Waals surface area contributed by atoms with E-state index in [9.17, 15) is 14.4 Å². The Morgan fingerprint density at radius 2 is 2.06 bits per heavy atom. The highest BCUT2D eigenvalue weighted by molar-refractivity contribution is 8.13. The van der Waals surface area contributed by atoms with Crippen LogP contribution in [-0.2, 0) is 19.1 Å². The van der Waals surface area contributed by atoms with Gasteiger partial charge in [-0.2, -0.15) is 5.26 Å². The molecule has 0 heterocycles. The van der Waals surface area contributed by atoms with Gasteiger partial charge in [0.2, 0.25) is 6.10 Å². The molecule has 7 heteroatoms. The van der Waals surface area contributed by atoms with Crippen LogP contribution in [0.3, 0.4) is 0 Å². The van der Waals surface area contributed by atoms with Crippen molar-refractivity contribution in [3.8, 4) is 6.07 Å². The van der Waals surface area contributed by atoms with E-state index in [1.54, 1.807) is 6.07 Å². The predicted molar refractivity (Wildman–Crippen MR) is 60.0 cm³/mol. The fourth-order valence-corrected chi connectivity index (χ4v) is 1.45. The van der Waals surface area contributed by atoms with Gasteiger partial charge in [-0.05, 0) is 0 Å². The van der Waals surface area contributed by atoms with Gasteiger partial charge in [0.1, 0.15) is 0 Å². The van der Waals surface area contributed by atoms with E-state index in [-0.39, 0.29) is 10.9 Å². The molecule has 0 aromatic rings. The lowest BCUT2D eigenvalue weighted by Crippen LogP contribution is -2.30. The number of ether oxygens (including phenoxy) is 1. The number of esters is 1. The molecule has 94 valence electrons. The van der Waals surface area contributed by atoms with Crippen LogP contribution in [0, 0.1) is 17.2 Å². The first kappa shape index (κ1) is 15.4. The highest BCUT2D eigenvalue weighted by Gasteiger charge is 2.25. The molecule has 0 fully saturated rings. The first-order chi connectivity index (χ1) is 7.88. The Morgan fingerprint density at radius 1 is 1.47 bits per heavy atom. The average molecular weight is 259 g/mol. The molecule has 0 aliphatic heterocycles. The molecule has 0 saturated heterocycles. The SMILES string of the molecule is CC(=O)SC[C@@H](C)C(=O)OC(CC#N)C(=O)O. The summed E-state index contributed by atoms with van der Waals surface area (Å²) in [4.78, 5) is 32.7. The molecule has 1 N–H and O–H groups in total. The maximum Gasteiger partial charge on any atom is 0.346 e. The number of thioether (sulfide) groups is 1. The van der Waals surface area contributed by atoms with E-state index in [1.165, 1.54) is 13.8 Å². The minimum atomic E-state index is -1.45. The molecule has 0 amide bonds. The number of carbonyl (C=O) groups excluding carboxylic acids is 2. The van der Waals surface area contributed by atoms with Crippen LogP contribution in [0.5, 0.6) is 0 Å². The Morgan fingerprint density at radius 3 is 2.47 bits per heavy atom. The van der Waals surface area contributed by atoms with Gasteiger partial charge in [0.25, 0.3) is 0 Å². The Hall–Kier alpha value is -1.55. The minimum absolute atomic E-state index is 0.128. The van der Waals surface area contributed by atoms with E-state index in [1.807, 2.05) is 0 Å². The molecule has 0 aliphatic rings. The Kier molecular flexibility index (Phi) is 6.98. The molecule has 0 spiro atoms. The van der Waals surface area contributed by atoms with Crippen molar-refractivity contribution in [3.05, 3.63) is 0 Å². The molecule has 0 rings (SSSR count). The molecular weight excluding hydrogens is 246 g/mol. The number of aliphatic carboxylic acids is 1. The smallest absolute Gasteiger partial charge is 0.346 e. The number of carbonyl (C=O) groups is 3. The number of nitrogens with zero attached hydrogens (tertiary/aromatic N) is 1. The Labute approximate surface area is 103 Å². The van der Waals surface area contributed by atoms with Crippen molar-refractivity contribution in [2.75, 3.05) is 5.75 Å². The van der Waals surface area contributed by atoms with Crippen LogP contribution in [-0.4, -0.2) is 34.0 Å². The van der Waals surface area contributed by atoms with Crippen LogP contribution < -0.4 is 0 Å². The fraction of sp³-hybridized carbons (Fsp3) is 0.600. The van der Waals surface area contributed by atoms with E-state index in [0.29, 0.717) is 0 Å². The van der Waals surface area contributed by atoms with Gasteiger partial charge in [-0.3, -0.25) is 9.59 Å². The van der Waals surface area contributed by atoms with Crippen LogP contribution in [0.15, 0.2) is 0 Å².